The van der Waals surface area contributed by atoms with Crippen LogP contribution in [-0.4, -0.2) is 17.9 Å². The minimum Gasteiger partial charge on any atom is -0.387 e. The first-order chi connectivity index (χ1) is 10.2. The number of hydrogen-bond acceptors (Lipinski definition) is 4. The van der Waals surface area contributed by atoms with Crippen molar-refractivity contribution in [1.29, 1.82) is 0 Å². The molecule has 0 unspecified atom stereocenters. The lowest BCUT2D eigenvalue weighted by Gasteiger charge is -2.11. The van der Waals surface area contributed by atoms with Gasteiger partial charge in [0, 0.05) is 18.4 Å². The number of rotatable bonds is 3. The average Bonchev–Trinajstić information content (AvgIpc) is 2.94. The Labute approximate surface area is 126 Å². The Kier molecular flexibility index (Phi) is 3.58. The van der Waals surface area contributed by atoms with Crippen LogP contribution in [0.5, 0.6) is 0 Å². The predicted molar refractivity (Wildman–Crippen MR) is 88.3 cm³/mol. The van der Waals surface area contributed by atoms with Crippen molar-refractivity contribution in [3.63, 3.8) is 0 Å². The van der Waals surface area contributed by atoms with Crippen LogP contribution in [0.4, 0.5) is 11.4 Å². The molecule has 106 valence electrons. The summed E-state index contributed by atoms with van der Waals surface area (Å²) in [5, 5.41) is 5.99. The molecule has 0 aliphatic rings. The Balaban J connectivity index is 1.90. The third kappa shape index (κ3) is 2.73. The van der Waals surface area contributed by atoms with E-state index < -0.39 is 0 Å². The molecule has 3 aromatic rings. The molecule has 2 N–H and O–H groups in total. The first kappa shape index (κ1) is 13.6. The summed E-state index contributed by atoms with van der Waals surface area (Å²) in [6.07, 6.45) is 0. The van der Waals surface area contributed by atoms with Crippen LogP contribution in [0.1, 0.15) is 15.9 Å². The van der Waals surface area contributed by atoms with Crippen LogP contribution in [0.15, 0.2) is 41.9 Å². The van der Waals surface area contributed by atoms with E-state index in [0.29, 0.717) is 5.56 Å². The molecule has 0 aliphatic carbocycles. The molecule has 1 heterocycles. The zero-order chi connectivity index (χ0) is 14.8. The van der Waals surface area contributed by atoms with Crippen LogP contribution in [0.25, 0.3) is 10.2 Å². The first-order valence-electron chi connectivity index (χ1n) is 6.60. The Hall–Kier alpha value is -2.40. The van der Waals surface area contributed by atoms with Gasteiger partial charge in [0.25, 0.3) is 5.91 Å². The lowest BCUT2D eigenvalue weighted by molar-refractivity contribution is 0.102. The van der Waals surface area contributed by atoms with E-state index in [0.717, 1.165) is 27.2 Å². The smallest absolute Gasteiger partial charge is 0.257 e. The molecule has 0 saturated carbocycles. The van der Waals surface area contributed by atoms with Crippen LogP contribution in [0.3, 0.4) is 0 Å². The number of benzene rings is 2. The number of amides is 1. The van der Waals surface area contributed by atoms with Gasteiger partial charge in [-0.15, -0.1) is 11.3 Å². The molecule has 0 spiro atoms. The molecular weight excluding hydrogens is 282 g/mol. The molecule has 0 saturated heterocycles. The van der Waals surface area contributed by atoms with Gasteiger partial charge in [0.1, 0.15) is 0 Å². The molecule has 0 aliphatic heterocycles. The highest BCUT2D eigenvalue weighted by atomic mass is 32.1. The quantitative estimate of drug-likeness (QED) is 0.771. The summed E-state index contributed by atoms with van der Waals surface area (Å²) in [7, 11) is 1.81. The number of aromatic nitrogens is 1. The van der Waals surface area contributed by atoms with E-state index in [1.54, 1.807) is 16.8 Å². The number of carbonyl (C=O) groups excluding carboxylic acids is 1. The van der Waals surface area contributed by atoms with E-state index in [2.05, 4.69) is 15.6 Å². The number of nitrogens with one attached hydrogen (secondary N) is 2. The molecule has 0 radical (unpaired) electrons. The second-order valence-corrected chi connectivity index (χ2v) is 5.67. The highest BCUT2D eigenvalue weighted by Crippen LogP contribution is 2.23. The fourth-order valence-corrected chi connectivity index (χ4v) is 2.91. The van der Waals surface area contributed by atoms with Crippen molar-refractivity contribution < 1.29 is 4.79 Å². The van der Waals surface area contributed by atoms with E-state index in [-0.39, 0.29) is 5.91 Å². The van der Waals surface area contributed by atoms with Gasteiger partial charge in [-0.25, -0.2) is 4.98 Å². The fourth-order valence-electron chi connectivity index (χ4n) is 2.20. The van der Waals surface area contributed by atoms with Gasteiger partial charge in [0.2, 0.25) is 0 Å². The summed E-state index contributed by atoms with van der Waals surface area (Å²) in [6.45, 7) is 1.97. The Morgan fingerprint density at radius 3 is 2.86 bits per heavy atom. The van der Waals surface area contributed by atoms with Gasteiger partial charge < -0.3 is 10.6 Å². The zero-order valence-corrected chi connectivity index (χ0v) is 12.6. The molecule has 4 nitrogen and oxygen atoms in total. The molecular formula is C16H15N3OS. The van der Waals surface area contributed by atoms with Crippen LogP contribution in [0, 0.1) is 6.92 Å². The maximum atomic E-state index is 12.5. The second-order valence-electron chi connectivity index (χ2n) is 4.79. The SMILES string of the molecule is CNc1ccc(C)cc1C(=O)Nc1ccc2ncsc2c1. The largest absolute Gasteiger partial charge is 0.387 e. The number of nitrogens with zero attached hydrogens (tertiary/aromatic N) is 1. The van der Waals surface area contributed by atoms with E-state index >= 15 is 0 Å². The molecule has 5 heteroatoms. The minimum absolute atomic E-state index is 0.119. The second kappa shape index (κ2) is 5.54. The van der Waals surface area contributed by atoms with Gasteiger partial charge in [-0.2, -0.15) is 0 Å². The zero-order valence-electron chi connectivity index (χ0n) is 11.8. The van der Waals surface area contributed by atoms with Crippen LogP contribution in [-0.2, 0) is 0 Å². The standard InChI is InChI=1S/C16H15N3OS/c1-10-3-5-13(17-2)12(7-10)16(20)19-11-4-6-14-15(8-11)21-9-18-14/h3-9,17H,1-2H3,(H,19,20). The van der Waals surface area contributed by atoms with Gasteiger partial charge in [-0.3, -0.25) is 4.79 Å². The number of anilines is 2. The fraction of sp³-hybridized carbons (Fsp3) is 0.125. The van der Waals surface area contributed by atoms with Crippen LogP contribution < -0.4 is 10.6 Å². The molecule has 21 heavy (non-hydrogen) atoms. The highest BCUT2D eigenvalue weighted by Gasteiger charge is 2.11. The Bertz CT molecular complexity index is 810. The van der Waals surface area contributed by atoms with Crippen molar-refractivity contribution in [3.8, 4) is 0 Å². The lowest BCUT2D eigenvalue weighted by atomic mass is 10.1. The van der Waals surface area contributed by atoms with Crippen molar-refractivity contribution in [1.82, 2.24) is 4.98 Å². The summed E-state index contributed by atoms with van der Waals surface area (Å²) in [6, 6.07) is 11.5. The molecule has 0 bridgehead atoms. The van der Waals surface area contributed by atoms with Crippen molar-refractivity contribution in [2.24, 2.45) is 0 Å². The Morgan fingerprint density at radius 1 is 1.19 bits per heavy atom. The molecule has 0 atom stereocenters. The van der Waals surface area contributed by atoms with Gasteiger partial charge in [-0.1, -0.05) is 11.6 Å². The molecule has 2 aromatic carbocycles. The van der Waals surface area contributed by atoms with Gasteiger partial charge in [-0.05, 0) is 37.3 Å². The number of fused-ring (bicyclic) bond motifs is 1. The van der Waals surface area contributed by atoms with Gasteiger partial charge in [0.05, 0.1) is 21.3 Å². The van der Waals surface area contributed by atoms with Gasteiger partial charge >= 0.3 is 0 Å². The van der Waals surface area contributed by atoms with E-state index in [9.17, 15) is 4.79 Å². The predicted octanol–water partition coefficient (Wildman–Crippen LogP) is 3.90. The highest BCUT2D eigenvalue weighted by molar-refractivity contribution is 7.16. The summed E-state index contributed by atoms with van der Waals surface area (Å²) < 4.78 is 1.06. The Morgan fingerprint density at radius 2 is 2.05 bits per heavy atom. The summed E-state index contributed by atoms with van der Waals surface area (Å²) in [5.41, 5.74) is 6.04. The van der Waals surface area contributed by atoms with E-state index in [4.69, 9.17) is 0 Å². The normalized spacial score (nSPS) is 10.6. The molecule has 1 amide bonds. The van der Waals surface area contributed by atoms with Crippen molar-refractivity contribution in [2.45, 2.75) is 6.92 Å². The first-order valence-corrected chi connectivity index (χ1v) is 7.48. The van der Waals surface area contributed by atoms with Crippen molar-refractivity contribution in [3.05, 3.63) is 53.0 Å². The van der Waals surface area contributed by atoms with E-state index in [1.807, 2.05) is 50.4 Å². The van der Waals surface area contributed by atoms with Crippen molar-refractivity contribution in [2.75, 3.05) is 17.7 Å². The van der Waals surface area contributed by atoms with Crippen LogP contribution >= 0.6 is 11.3 Å². The van der Waals surface area contributed by atoms with Crippen molar-refractivity contribution >= 4 is 38.8 Å². The monoisotopic (exact) mass is 297 g/mol. The summed E-state index contributed by atoms with van der Waals surface area (Å²) in [5.74, 6) is -0.119. The van der Waals surface area contributed by atoms with E-state index in [1.165, 1.54) is 0 Å². The summed E-state index contributed by atoms with van der Waals surface area (Å²) >= 11 is 1.56. The maximum Gasteiger partial charge on any atom is 0.257 e. The maximum absolute atomic E-state index is 12.5. The summed E-state index contributed by atoms with van der Waals surface area (Å²) in [4.78, 5) is 16.7. The number of hydrogen-bond donors (Lipinski definition) is 2. The molecule has 3 rings (SSSR count). The average molecular weight is 297 g/mol. The molecule has 0 fully saturated rings. The third-order valence-electron chi connectivity index (χ3n) is 3.28. The lowest BCUT2D eigenvalue weighted by Crippen LogP contribution is -2.14. The minimum atomic E-state index is -0.119. The molecule has 1 aromatic heterocycles. The number of thiazole rings is 1. The number of carbonyl (C=O) groups is 1. The third-order valence-corrected chi connectivity index (χ3v) is 4.07. The van der Waals surface area contributed by atoms with Crippen LogP contribution in [0.2, 0.25) is 0 Å². The number of aryl methyl sites for hydroxylation is 1. The topological polar surface area (TPSA) is 54.0 Å². The van der Waals surface area contributed by atoms with Gasteiger partial charge in [0.15, 0.2) is 0 Å².